The Bertz CT molecular complexity index is 686. The van der Waals surface area contributed by atoms with Crippen LogP contribution in [0.5, 0.6) is 5.75 Å². The number of ether oxygens (including phenoxy) is 1. The van der Waals surface area contributed by atoms with Gasteiger partial charge in [0.2, 0.25) is 0 Å². The summed E-state index contributed by atoms with van der Waals surface area (Å²) in [4.78, 5) is 12.4. The Morgan fingerprint density at radius 1 is 1.10 bits per heavy atom. The number of para-hydroxylation sites is 1. The number of carbonyl (C=O) groups excluding carboxylic acids is 1. The van der Waals surface area contributed by atoms with E-state index >= 15 is 0 Å². The molecule has 0 aliphatic heterocycles. The Hall–Kier alpha value is -1.53. The standard InChI is InChI=1S/C14H7BrClF3O2/c15-11-7-8(16)5-6-9(11)13(20)10-3-1-2-4-12(10)21-14(17,18)19/h1-7H. The highest BCUT2D eigenvalue weighted by atomic mass is 79.9. The fourth-order valence-corrected chi connectivity index (χ4v) is 2.55. The Labute approximate surface area is 131 Å². The van der Waals surface area contributed by atoms with Crippen LogP contribution in [0.1, 0.15) is 15.9 Å². The molecular formula is C14H7BrClF3O2. The molecule has 21 heavy (non-hydrogen) atoms. The first-order chi connectivity index (χ1) is 9.78. The van der Waals surface area contributed by atoms with Crippen LogP contribution in [0.4, 0.5) is 13.2 Å². The zero-order valence-electron chi connectivity index (χ0n) is 10.2. The Morgan fingerprint density at radius 2 is 1.76 bits per heavy atom. The van der Waals surface area contributed by atoms with E-state index in [0.717, 1.165) is 6.07 Å². The summed E-state index contributed by atoms with van der Waals surface area (Å²) in [6, 6.07) is 9.57. The van der Waals surface area contributed by atoms with Gasteiger partial charge in [-0.3, -0.25) is 4.79 Å². The minimum Gasteiger partial charge on any atom is -0.405 e. The van der Waals surface area contributed by atoms with E-state index in [1.165, 1.54) is 36.4 Å². The molecule has 0 aromatic heterocycles. The molecule has 2 aromatic rings. The molecule has 0 heterocycles. The van der Waals surface area contributed by atoms with Crippen LogP contribution in [0.15, 0.2) is 46.9 Å². The monoisotopic (exact) mass is 378 g/mol. The summed E-state index contributed by atoms with van der Waals surface area (Å²) in [6.07, 6.45) is -4.87. The summed E-state index contributed by atoms with van der Waals surface area (Å²) in [7, 11) is 0. The Kier molecular flexibility index (Phi) is 4.58. The quantitative estimate of drug-likeness (QED) is 0.683. The normalized spacial score (nSPS) is 11.3. The molecule has 7 heteroatoms. The minimum absolute atomic E-state index is 0.183. The fourth-order valence-electron chi connectivity index (χ4n) is 1.69. The van der Waals surface area contributed by atoms with Gasteiger partial charge in [0.25, 0.3) is 0 Å². The lowest BCUT2D eigenvalue weighted by Crippen LogP contribution is -2.19. The summed E-state index contributed by atoms with van der Waals surface area (Å²) in [5.74, 6) is -1.14. The molecule has 0 aliphatic carbocycles. The first-order valence-electron chi connectivity index (χ1n) is 5.62. The molecule has 0 bridgehead atoms. The second-order valence-electron chi connectivity index (χ2n) is 4.00. The van der Waals surface area contributed by atoms with Gasteiger partial charge in [0.15, 0.2) is 5.78 Å². The highest BCUT2D eigenvalue weighted by Crippen LogP contribution is 2.30. The zero-order valence-corrected chi connectivity index (χ0v) is 12.6. The third-order valence-corrected chi connectivity index (χ3v) is 3.42. The smallest absolute Gasteiger partial charge is 0.405 e. The van der Waals surface area contributed by atoms with Crippen molar-refractivity contribution in [1.82, 2.24) is 0 Å². The fraction of sp³-hybridized carbons (Fsp3) is 0.0714. The van der Waals surface area contributed by atoms with Gasteiger partial charge in [-0.25, -0.2) is 0 Å². The highest BCUT2D eigenvalue weighted by molar-refractivity contribution is 9.10. The second kappa shape index (κ2) is 6.07. The van der Waals surface area contributed by atoms with E-state index in [-0.39, 0.29) is 11.1 Å². The SMILES string of the molecule is O=C(c1ccc(Cl)cc1Br)c1ccccc1OC(F)(F)F. The topological polar surface area (TPSA) is 26.3 Å². The molecule has 0 radical (unpaired) electrons. The molecule has 0 fully saturated rings. The van der Waals surface area contributed by atoms with Gasteiger partial charge in [-0.05, 0) is 46.3 Å². The molecule has 0 spiro atoms. The van der Waals surface area contributed by atoms with Crippen molar-refractivity contribution in [1.29, 1.82) is 0 Å². The molecule has 0 saturated heterocycles. The van der Waals surface area contributed by atoms with E-state index < -0.39 is 17.9 Å². The Morgan fingerprint density at radius 3 is 2.38 bits per heavy atom. The van der Waals surface area contributed by atoms with Crippen LogP contribution in [0.3, 0.4) is 0 Å². The number of halogens is 5. The summed E-state index contributed by atoms with van der Waals surface area (Å²) in [5, 5.41) is 0.401. The maximum atomic E-state index is 12.4. The number of hydrogen-bond donors (Lipinski definition) is 0. The second-order valence-corrected chi connectivity index (χ2v) is 5.29. The number of rotatable bonds is 3. The lowest BCUT2D eigenvalue weighted by Gasteiger charge is -2.13. The molecule has 110 valence electrons. The van der Waals surface area contributed by atoms with Crippen molar-refractivity contribution in [3.05, 3.63) is 63.1 Å². The van der Waals surface area contributed by atoms with E-state index in [0.29, 0.717) is 9.50 Å². The van der Waals surface area contributed by atoms with Crippen molar-refractivity contribution < 1.29 is 22.7 Å². The van der Waals surface area contributed by atoms with Crippen molar-refractivity contribution in [2.75, 3.05) is 0 Å². The number of ketones is 1. The first-order valence-corrected chi connectivity index (χ1v) is 6.79. The van der Waals surface area contributed by atoms with Crippen LogP contribution in [0, 0.1) is 0 Å². The van der Waals surface area contributed by atoms with Crippen LogP contribution in [0.25, 0.3) is 0 Å². The number of benzene rings is 2. The number of alkyl halides is 3. The lowest BCUT2D eigenvalue weighted by atomic mass is 10.0. The zero-order chi connectivity index (χ0) is 15.6. The molecule has 0 unspecified atom stereocenters. The van der Waals surface area contributed by atoms with E-state index in [4.69, 9.17) is 11.6 Å². The minimum atomic E-state index is -4.87. The predicted octanol–water partition coefficient (Wildman–Crippen LogP) is 5.23. The van der Waals surface area contributed by atoms with Gasteiger partial charge in [-0.2, -0.15) is 0 Å². The van der Waals surface area contributed by atoms with Gasteiger partial charge in [-0.1, -0.05) is 23.7 Å². The van der Waals surface area contributed by atoms with E-state index in [2.05, 4.69) is 20.7 Å². The molecule has 0 amide bonds. The van der Waals surface area contributed by atoms with Crippen molar-refractivity contribution in [2.24, 2.45) is 0 Å². The van der Waals surface area contributed by atoms with Crippen LogP contribution in [-0.4, -0.2) is 12.1 Å². The third kappa shape index (κ3) is 3.98. The largest absolute Gasteiger partial charge is 0.573 e. The van der Waals surface area contributed by atoms with Crippen molar-refractivity contribution in [3.63, 3.8) is 0 Å². The molecule has 2 rings (SSSR count). The lowest BCUT2D eigenvalue weighted by molar-refractivity contribution is -0.274. The van der Waals surface area contributed by atoms with Crippen LogP contribution < -0.4 is 4.74 Å². The predicted molar refractivity (Wildman–Crippen MR) is 75.7 cm³/mol. The average Bonchev–Trinajstić information content (AvgIpc) is 2.36. The van der Waals surface area contributed by atoms with E-state index in [1.54, 1.807) is 0 Å². The van der Waals surface area contributed by atoms with Gasteiger partial charge in [0.1, 0.15) is 5.75 Å². The van der Waals surface area contributed by atoms with Crippen LogP contribution >= 0.6 is 27.5 Å². The van der Waals surface area contributed by atoms with Gasteiger partial charge < -0.3 is 4.74 Å². The third-order valence-electron chi connectivity index (χ3n) is 2.53. The summed E-state index contributed by atoms with van der Waals surface area (Å²) >= 11 is 8.93. The first kappa shape index (κ1) is 15.9. The number of carbonyl (C=O) groups is 1. The van der Waals surface area contributed by atoms with Crippen LogP contribution in [0.2, 0.25) is 5.02 Å². The van der Waals surface area contributed by atoms with Gasteiger partial charge >= 0.3 is 6.36 Å². The molecule has 2 aromatic carbocycles. The van der Waals surface area contributed by atoms with Crippen molar-refractivity contribution in [3.8, 4) is 5.75 Å². The molecule has 0 saturated carbocycles. The van der Waals surface area contributed by atoms with Gasteiger partial charge in [0, 0.05) is 15.1 Å². The molecule has 0 N–H and O–H groups in total. The number of hydrogen-bond acceptors (Lipinski definition) is 2. The Balaban J connectivity index is 2.44. The summed E-state index contributed by atoms with van der Waals surface area (Å²) < 4.78 is 41.3. The maximum Gasteiger partial charge on any atom is 0.573 e. The van der Waals surface area contributed by atoms with Gasteiger partial charge in [0.05, 0.1) is 5.56 Å². The summed E-state index contributed by atoms with van der Waals surface area (Å²) in [5.41, 5.74) is 0.00970. The van der Waals surface area contributed by atoms with Gasteiger partial charge in [-0.15, -0.1) is 13.2 Å². The molecular weight excluding hydrogens is 373 g/mol. The molecule has 2 nitrogen and oxygen atoms in total. The molecule has 0 atom stereocenters. The van der Waals surface area contributed by atoms with E-state index in [9.17, 15) is 18.0 Å². The van der Waals surface area contributed by atoms with Crippen molar-refractivity contribution in [2.45, 2.75) is 6.36 Å². The summed E-state index contributed by atoms with van der Waals surface area (Å²) in [6.45, 7) is 0. The average molecular weight is 380 g/mol. The van der Waals surface area contributed by atoms with Crippen molar-refractivity contribution >= 4 is 33.3 Å². The highest BCUT2D eigenvalue weighted by Gasteiger charge is 2.33. The molecule has 0 aliphatic rings. The van der Waals surface area contributed by atoms with E-state index in [1.807, 2.05) is 0 Å². The van der Waals surface area contributed by atoms with Crippen LogP contribution in [-0.2, 0) is 0 Å². The maximum absolute atomic E-state index is 12.4.